The van der Waals surface area contributed by atoms with E-state index in [9.17, 15) is 34.7 Å². The number of amidine groups is 1. The third-order valence-electron chi connectivity index (χ3n) is 5.02. The summed E-state index contributed by atoms with van der Waals surface area (Å²) in [6, 6.07) is 0. The molecule has 18 heteroatoms. The molecule has 0 aliphatic carbocycles. The number of ether oxygens (including phenoxy) is 1. The molecule has 6 atom stereocenters. The van der Waals surface area contributed by atoms with E-state index in [0.717, 1.165) is 6.20 Å². The van der Waals surface area contributed by atoms with Gasteiger partial charge in [0, 0.05) is 7.05 Å². The predicted molar refractivity (Wildman–Crippen MR) is 101 cm³/mol. The molecule has 0 radical (unpaired) electrons. The van der Waals surface area contributed by atoms with Gasteiger partial charge in [0.25, 0.3) is 0 Å². The van der Waals surface area contributed by atoms with Crippen molar-refractivity contribution in [3.8, 4) is 0 Å². The number of H-pyrrole nitrogens is 1. The fraction of sp³-hybridized carbons (Fsp3) is 0.467. The van der Waals surface area contributed by atoms with Crippen molar-refractivity contribution in [2.45, 2.75) is 30.8 Å². The first kappa shape index (κ1) is 25.8. The van der Waals surface area contributed by atoms with Crippen molar-refractivity contribution in [2.75, 3.05) is 19.0 Å². The van der Waals surface area contributed by atoms with Crippen LogP contribution in [-0.2, 0) is 13.8 Å². The topological polar surface area (TPSA) is 242 Å². The molecule has 0 saturated carbocycles. The van der Waals surface area contributed by atoms with Gasteiger partial charge in [0.15, 0.2) is 24.2 Å². The summed E-state index contributed by atoms with van der Waals surface area (Å²) in [6.07, 6.45) is -6.48. The van der Waals surface area contributed by atoms with Crippen molar-refractivity contribution in [1.29, 1.82) is 5.41 Å². The van der Waals surface area contributed by atoms with Gasteiger partial charge in [0.2, 0.25) is 0 Å². The van der Waals surface area contributed by atoms with Crippen molar-refractivity contribution in [1.82, 2.24) is 24.4 Å². The van der Waals surface area contributed by atoms with Gasteiger partial charge in [0.05, 0.1) is 19.2 Å². The van der Waals surface area contributed by atoms with E-state index in [-0.39, 0.29) is 47.8 Å². The summed E-state index contributed by atoms with van der Waals surface area (Å²) in [6.45, 7) is 0.268. The van der Waals surface area contributed by atoms with Crippen molar-refractivity contribution in [2.24, 2.45) is 0 Å². The standard InChI is InChI=1S/C15H20N7O9P.Na/c1-21-3-19-12-6(10(21)16)18-4-22(12)13-8(24)7(23)9(30-13)15(27)31-32(28,29)5-2-17-11(20-5)14(25)26;/h2,4,7-9,13,15-16,19,23-24,27H,3H2,1H3,(H,17,20)(H,25,26)(H,28,29);/q;+1/p-1/t7-,8+,9-,13+,15?;/m0./s1. The monoisotopic (exact) mass is 495 g/mol. The third kappa shape index (κ3) is 4.59. The largest absolute Gasteiger partial charge is 1.00 e. The Kier molecular flexibility index (Phi) is 7.36. The molecule has 0 aromatic carbocycles. The Morgan fingerprint density at radius 1 is 1.42 bits per heavy atom. The summed E-state index contributed by atoms with van der Waals surface area (Å²) in [5.41, 5.74) is -0.372. The van der Waals surface area contributed by atoms with Gasteiger partial charge in [-0.05, 0) is 0 Å². The van der Waals surface area contributed by atoms with Crippen LogP contribution in [0, 0.1) is 5.41 Å². The number of carboxylic acid groups (broad SMARTS) is 1. The quantitative estimate of drug-likeness (QED) is 0.112. The second kappa shape index (κ2) is 9.42. The van der Waals surface area contributed by atoms with Gasteiger partial charge in [0.1, 0.15) is 41.2 Å². The number of aromatic amines is 1. The summed E-state index contributed by atoms with van der Waals surface area (Å²) in [5.74, 6) is -2.01. The Hall–Kier alpha value is -1.85. The molecule has 1 fully saturated rings. The molecule has 174 valence electrons. The van der Waals surface area contributed by atoms with Crippen LogP contribution in [0.15, 0.2) is 12.5 Å². The molecule has 16 nitrogen and oxygen atoms in total. The average molecular weight is 495 g/mol. The molecule has 0 bridgehead atoms. The van der Waals surface area contributed by atoms with Crippen LogP contribution in [0.4, 0.5) is 5.82 Å². The van der Waals surface area contributed by atoms with Gasteiger partial charge in [-0.2, -0.15) is 0 Å². The van der Waals surface area contributed by atoms with Gasteiger partial charge in [-0.15, -0.1) is 0 Å². The normalized spacial score (nSPS) is 27.3. The first-order valence-electron chi connectivity index (χ1n) is 9.09. The number of hydrogen-bond donors (Lipinski definition) is 7. The Bertz CT molecular complexity index is 1110. The van der Waals surface area contributed by atoms with Crippen LogP contribution in [0.5, 0.6) is 0 Å². The number of carboxylic acids is 1. The van der Waals surface area contributed by atoms with Crippen LogP contribution in [0.25, 0.3) is 0 Å². The molecule has 4 heterocycles. The Morgan fingerprint density at radius 3 is 2.76 bits per heavy atom. The van der Waals surface area contributed by atoms with Crippen LogP contribution >= 0.6 is 7.60 Å². The van der Waals surface area contributed by atoms with E-state index in [1.807, 2.05) is 4.98 Å². The van der Waals surface area contributed by atoms with Crippen LogP contribution in [0.2, 0.25) is 0 Å². The Labute approximate surface area is 207 Å². The third-order valence-corrected chi connectivity index (χ3v) is 6.36. The molecule has 2 aliphatic rings. The summed E-state index contributed by atoms with van der Waals surface area (Å²) < 4.78 is 24.0. The van der Waals surface area contributed by atoms with Crippen LogP contribution in [-0.4, -0.2) is 94.8 Å². The zero-order valence-electron chi connectivity index (χ0n) is 17.3. The molecule has 2 aromatic heterocycles. The number of carbonyl (C=O) groups excluding carboxylic acids is 1. The van der Waals surface area contributed by atoms with Gasteiger partial charge in [-0.3, -0.25) is 19.1 Å². The Morgan fingerprint density at radius 2 is 2.12 bits per heavy atom. The predicted octanol–water partition coefficient (Wildman–Crippen LogP) is -6.92. The minimum absolute atomic E-state index is 0. The van der Waals surface area contributed by atoms with Crippen molar-refractivity contribution < 1.29 is 73.5 Å². The maximum atomic E-state index is 12.4. The van der Waals surface area contributed by atoms with E-state index in [4.69, 9.17) is 14.7 Å². The SMILES string of the molecule is CN1CNc2c(ncn2[C@@H]2O[C@H](C(O)OP(=O)(O)c3cnc(C(=O)[O-])[nH]3)[C@@H](O)[C@H]2O)C1=N.[Na+]. The molecule has 2 unspecified atom stereocenters. The molecule has 4 rings (SSSR count). The summed E-state index contributed by atoms with van der Waals surface area (Å²) >= 11 is 0. The number of nitrogens with one attached hydrogen (secondary N) is 3. The number of hydrogen-bond acceptors (Lipinski definition) is 12. The van der Waals surface area contributed by atoms with Crippen LogP contribution in [0.1, 0.15) is 22.5 Å². The van der Waals surface area contributed by atoms with E-state index in [1.54, 1.807) is 11.9 Å². The zero-order chi connectivity index (χ0) is 23.4. The first-order chi connectivity index (χ1) is 15.0. The van der Waals surface area contributed by atoms with Gasteiger partial charge in [-0.25, -0.2) is 9.97 Å². The molecular formula is C15H19N7NaO9P. The number of imidazole rings is 2. The molecule has 1 saturated heterocycles. The number of carbonyl (C=O) groups is 1. The van der Waals surface area contributed by atoms with Gasteiger partial charge in [-0.1, -0.05) is 0 Å². The number of aromatic carboxylic acids is 1. The molecule has 2 aromatic rings. The van der Waals surface area contributed by atoms with Gasteiger partial charge >= 0.3 is 37.2 Å². The second-order valence-corrected chi connectivity index (χ2v) is 8.86. The molecule has 7 N–H and O–H groups in total. The molecule has 0 spiro atoms. The Balaban J connectivity index is 0.00000306. The van der Waals surface area contributed by atoms with E-state index in [2.05, 4.69) is 15.3 Å². The summed E-state index contributed by atoms with van der Waals surface area (Å²) in [4.78, 5) is 31.9. The number of rotatable bonds is 6. The maximum absolute atomic E-state index is 12.4. The second-order valence-electron chi connectivity index (χ2n) is 7.12. The van der Waals surface area contributed by atoms with Crippen molar-refractivity contribution in [3.05, 3.63) is 24.0 Å². The number of aliphatic hydroxyl groups excluding tert-OH is 3. The fourth-order valence-corrected chi connectivity index (χ4v) is 4.31. The molecular weight excluding hydrogens is 476 g/mol. The van der Waals surface area contributed by atoms with E-state index in [1.165, 1.54) is 10.9 Å². The summed E-state index contributed by atoms with van der Waals surface area (Å²) in [7, 11) is -3.15. The minimum Gasteiger partial charge on any atom is -0.542 e. The number of aliphatic hydroxyl groups is 3. The molecule has 0 amide bonds. The van der Waals surface area contributed by atoms with E-state index < -0.39 is 55.7 Å². The summed E-state index contributed by atoms with van der Waals surface area (Å²) in [5, 5.41) is 52.9. The zero-order valence-corrected chi connectivity index (χ0v) is 20.2. The average Bonchev–Trinajstić information content (AvgIpc) is 3.44. The van der Waals surface area contributed by atoms with Crippen molar-refractivity contribution in [3.63, 3.8) is 0 Å². The van der Waals surface area contributed by atoms with E-state index in [0.29, 0.717) is 5.82 Å². The van der Waals surface area contributed by atoms with E-state index >= 15 is 0 Å². The van der Waals surface area contributed by atoms with Crippen LogP contribution < -0.4 is 45.4 Å². The fourth-order valence-electron chi connectivity index (χ4n) is 3.33. The molecule has 2 aliphatic heterocycles. The smallest absolute Gasteiger partial charge is 0.542 e. The van der Waals surface area contributed by atoms with Crippen molar-refractivity contribution >= 4 is 30.7 Å². The molecule has 33 heavy (non-hydrogen) atoms. The minimum atomic E-state index is -4.83. The first-order valence-corrected chi connectivity index (χ1v) is 10.7. The number of fused-ring (bicyclic) bond motifs is 1. The number of nitrogens with zero attached hydrogens (tertiary/aromatic N) is 4. The van der Waals surface area contributed by atoms with Gasteiger partial charge < -0.3 is 50.1 Å². The number of anilines is 1. The number of aromatic nitrogens is 4. The maximum Gasteiger partial charge on any atom is 1.00 e. The van der Waals surface area contributed by atoms with Crippen LogP contribution in [0.3, 0.4) is 0 Å².